The number of nitrogens with zero attached hydrogens (tertiary/aromatic N) is 3. The summed E-state index contributed by atoms with van der Waals surface area (Å²) in [4.78, 5) is 24.0. The highest BCUT2D eigenvalue weighted by atomic mass is 16.5. The van der Waals surface area contributed by atoms with Gasteiger partial charge in [-0.15, -0.1) is 6.42 Å². The summed E-state index contributed by atoms with van der Waals surface area (Å²) < 4.78 is 5.86. The molecular weight excluding hydrogens is 412 g/mol. The lowest BCUT2D eigenvalue weighted by Gasteiger charge is -2.23. The average Bonchev–Trinajstić information content (AvgIpc) is 2.81. The number of hydrogen-bond donors (Lipinski definition) is 1. The SMILES string of the molecule is C#Cc1cccc(Nc2ncnc3cc(OCC)c(CC(=O)C=C4CCN(C)CC4)cc23)c1. The number of hydrogen-bond acceptors (Lipinski definition) is 6. The summed E-state index contributed by atoms with van der Waals surface area (Å²) in [7, 11) is 2.11. The van der Waals surface area contributed by atoms with Crippen LogP contribution in [0.4, 0.5) is 11.5 Å². The number of terminal acetylenes is 1. The van der Waals surface area contributed by atoms with Crippen LogP contribution in [0.5, 0.6) is 5.75 Å². The molecule has 0 radical (unpaired) electrons. The molecule has 2 aromatic carbocycles. The van der Waals surface area contributed by atoms with E-state index >= 15 is 0 Å². The monoisotopic (exact) mass is 440 g/mol. The Morgan fingerprint density at radius 2 is 2.06 bits per heavy atom. The lowest BCUT2D eigenvalue weighted by atomic mass is 9.99. The van der Waals surface area contributed by atoms with E-state index in [4.69, 9.17) is 11.2 Å². The summed E-state index contributed by atoms with van der Waals surface area (Å²) in [5, 5.41) is 4.16. The minimum Gasteiger partial charge on any atom is -0.494 e. The van der Waals surface area contributed by atoms with Crippen LogP contribution in [-0.4, -0.2) is 47.4 Å². The first kappa shape index (κ1) is 22.5. The summed E-state index contributed by atoms with van der Waals surface area (Å²) in [6, 6.07) is 11.4. The number of ketones is 1. The van der Waals surface area contributed by atoms with Crippen molar-refractivity contribution in [3.8, 4) is 18.1 Å². The Kier molecular flexibility index (Phi) is 7.01. The summed E-state index contributed by atoms with van der Waals surface area (Å²) in [5.41, 5.74) is 4.41. The number of anilines is 2. The molecular formula is C27H28N4O2. The zero-order valence-electron chi connectivity index (χ0n) is 19.1. The molecule has 2 heterocycles. The molecule has 6 heteroatoms. The van der Waals surface area contributed by atoms with Gasteiger partial charge in [-0.3, -0.25) is 4.79 Å². The Morgan fingerprint density at radius 1 is 1.24 bits per heavy atom. The first-order valence-electron chi connectivity index (χ1n) is 11.2. The van der Waals surface area contributed by atoms with Crippen molar-refractivity contribution in [2.45, 2.75) is 26.2 Å². The van der Waals surface area contributed by atoms with Crippen LogP contribution in [-0.2, 0) is 11.2 Å². The van der Waals surface area contributed by atoms with Gasteiger partial charge in [0.15, 0.2) is 5.78 Å². The largest absolute Gasteiger partial charge is 0.494 e. The number of fused-ring (bicyclic) bond motifs is 1. The predicted molar refractivity (Wildman–Crippen MR) is 132 cm³/mol. The van der Waals surface area contributed by atoms with Crippen LogP contribution in [0.25, 0.3) is 10.9 Å². The highest BCUT2D eigenvalue weighted by molar-refractivity contribution is 5.96. The van der Waals surface area contributed by atoms with Crippen molar-refractivity contribution in [1.29, 1.82) is 0 Å². The van der Waals surface area contributed by atoms with Gasteiger partial charge in [-0.25, -0.2) is 9.97 Å². The van der Waals surface area contributed by atoms with Gasteiger partial charge in [-0.1, -0.05) is 17.6 Å². The first-order valence-corrected chi connectivity index (χ1v) is 11.2. The second-order valence-corrected chi connectivity index (χ2v) is 8.23. The minimum atomic E-state index is 0.0861. The molecule has 3 aromatic rings. The van der Waals surface area contributed by atoms with Gasteiger partial charge in [0.05, 0.1) is 12.1 Å². The number of benzene rings is 2. The second kappa shape index (κ2) is 10.3. The van der Waals surface area contributed by atoms with E-state index in [2.05, 4.69) is 33.2 Å². The number of carbonyl (C=O) groups is 1. The van der Waals surface area contributed by atoms with Gasteiger partial charge in [-0.05, 0) is 57.2 Å². The Balaban J connectivity index is 1.65. The second-order valence-electron chi connectivity index (χ2n) is 8.23. The number of ether oxygens (including phenoxy) is 1. The van der Waals surface area contributed by atoms with Crippen LogP contribution in [0.1, 0.15) is 30.9 Å². The third-order valence-corrected chi connectivity index (χ3v) is 5.77. The van der Waals surface area contributed by atoms with Gasteiger partial charge in [-0.2, -0.15) is 0 Å². The van der Waals surface area contributed by atoms with E-state index in [0.717, 1.165) is 53.6 Å². The fraction of sp³-hybridized carbons (Fsp3) is 0.296. The van der Waals surface area contributed by atoms with Gasteiger partial charge in [0, 0.05) is 47.8 Å². The molecule has 0 spiro atoms. The molecule has 0 saturated carbocycles. The van der Waals surface area contributed by atoms with Crippen LogP contribution in [0.15, 0.2) is 54.4 Å². The van der Waals surface area contributed by atoms with Crippen molar-refractivity contribution in [1.82, 2.24) is 14.9 Å². The molecule has 0 amide bonds. The molecule has 1 fully saturated rings. The maximum Gasteiger partial charge on any atom is 0.160 e. The van der Waals surface area contributed by atoms with E-state index in [1.54, 1.807) is 0 Å². The van der Waals surface area contributed by atoms with Gasteiger partial charge in [0.25, 0.3) is 0 Å². The number of allylic oxidation sites excluding steroid dienone is 1. The molecule has 0 atom stereocenters. The molecule has 0 unspecified atom stereocenters. The molecule has 1 aliphatic heterocycles. The van der Waals surface area contributed by atoms with Crippen LogP contribution in [0.2, 0.25) is 0 Å². The molecule has 168 valence electrons. The maximum absolute atomic E-state index is 12.9. The zero-order chi connectivity index (χ0) is 23.2. The van der Waals surface area contributed by atoms with Gasteiger partial charge in [0.2, 0.25) is 0 Å². The molecule has 33 heavy (non-hydrogen) atoms. The fourth-order valence-corrected chi connectivity index (χ4v) is 4.00. The summed E-state index contributed by atoms with van der Waals surface area (Å²) >= 11 is 0. The summed E-state index contributed by atoms with van der Waals surface area (Å²) in [6.07, 6.45) is 11.0. The smallest absolute Gasteiger partial charge is 0.160 e. The van der Waals surface area contributed by atoms with Crippen molar-refractivity contribution < 1.29 is 9.53 Å². The number of piperidine rings is 1. The molecule has 0 bridgehead atoms. The highest BCUT2D eigenvalue weighted by Gasteiger charge is 2.15. The van der Waals surface area contributed by atoms with E-state index in [9.17, 15) is 4.79 Å². The highest BCUT2D eigenvalue weighted by Crippen LogP contribution is 2.31. The third-order valence-electron chi connectivity index (χ3n) is 5.77. The van der Waals surface area contributed by atoms with Crippen molar-refractivity contribution in [3.63, 3.8) is 0 Å². The first-order chi connectivity index (χ1) is 16.1. The van der Waals surface area contributed by atoms with E-state index in [1.165, 1.54) is 11.9 Å². The third kappa shape index (κ3) is 5.57. The quantitative estimate of drug-likeness (QED) is 0.431. The molecule has 4 rings (SSSR count). The van der Waals surface area contributed by atoms with Crippen LogP contribution >= 0.6 is 0 Å². The molecule has 1 saturated heterocycles. The van der Waals surface area contributed by atoms with Crippen LogP contribution in [0, 0.1) is 12.3 Å². The maximum atomic E-state index is 12.9. The van der Waals surface area contributed by atoms with E-state index in [0.29, 0.717) is 18.2 Å². The van der Waals surface area contributed by atoms with Crippen molar-refractivity contribution in [3.05, 3.63) is 65.5 Å². The fourth-order valence-electron chi connectivity index (χ4n) is 4.00. The minimum absolute atomic E-state index is 0.0861. The average molecular weight is 441 g/mol. The zero-order valence-corrected chi connectivity index (χ0v) is 19.1. The Labute approximate surface area is 194 Å². The number of aromatic nitrogens is 2. The van der Waals surface area contributed by atoms with Crippen molar-refractivity contribution in [2.24, 2.45) is 0 Å². The number of nitrogens with one attached hydrogen (secondary N) is 1. The Bertz CT molecular complexity index is 1230. The molecule has 6 nitrogen and oxygen atoms in total. The summed E-state index contributed by atoms with van der Waals surface area (Å²) in [5.74, 6) is 4.06. The topological polar surface area (TPSA) is 67.4 Å². The van der Waals surface area contributed by atoms with E-state index in [-0.39, 0.29) is 12.2 Å². The lowest BCUT2D eigenvalue weighted by molar-refractivity contribution is -0.114. The molecule has 0 aliphatic carbocycles. The van der Waals surface area contributed by atoms with Crippen molar-refractivity contribution >= 4 is 28.2 Å². The Hall–Kier alpha value is -3.69. The number of likely N-dealkylation sites (tertiary alicyclic amines) is 1. The standard InChI is InChI=1S/C27H28N4O2/c1-4-19-7-6-8-22(13-19)30-27-24-16-21(26(33-5-2)17-25(24)28-18-29-27)15-23(32)14-20-9-11-31(3)12-10-20/h1,6-8,13-14,16-18H,5,9-12,15H2,2-3H3,(H,28,29,30). The normalized spacial score (nSPS) is 14.0. The lowest BCUT2D eigenvalue weighted by Crippen LogP contribution is -2.26. The van der Waals surface area contributed by atoms with Gasteiger partial charge < -0.3 is 15.0 Å². The molecule has 1 aliphatic rings. The predicted octanol–water partition coefficient (Wildman–Crippen LogP) is 4.52. The Morgan fingerprint density at radius 3 is 2.82 bits per heavy atom. The van der Waals surface area contributed by atoms with Crippen LogP contribution < -0.4 is 10.1 Å². The van der Waals surface area contributed by atoms with E-state index in [1.807, 2.05) is 49.4 Å². The van der Waals surface area contributed by atoms with Crippen LogP contribution in [0.3, 0.4) is 0 Å². The van der Waals surface area contributed by atoms with Gasteiger partial charge >= 0.3 is 0 Å². The van der Waals surface area contributed by atoms with Gasteiger partial charge in [0.1, 0.15) is 17.9 Å². The van der Waals surface area contributed by atoms with E-state index < -0.39 is 0 Å². The van der Waals surface area contributed by atoms with Crippen molar-refractivity contribution in [2.75, 3.05) is 32.1 Å². The molecule has 1 aromatic heterocycles. The number of carbonyl (C=O) groups excluding carboxylic acids is 1. The number of rotatable bonds is 7. The summed E-state index contributed by atoms with van der Waals surface area (Å²) in [6.45, 7) is 4.43. The molecule has 1 N–H and O–H groups in total.